The first-order valence-corrected chi connectivity index (χ1v) is 8.77. The molecule has 1 radical (unpaired) electrons. The van der Waals surface area contributed by atoms with Gasteiger partial charge in [0.25, 0.3) is 0 Å². The number of nitrogens with zero attached hydrogens (tertiary/aromatic N) is 3. The Morgan fingerprint density at radius 1 is 1.39 bits per heavy atom. The lowest BCUT2D eigenvalue weighted by Crippen LogP contribution is -1.90. The summed E-state index contributed by atoms with van der Waals surface area (Å²) in [5, 5.41) is 3.78. The molecule has 0 unspecified atom stereocenters. The Bertz CT molecular complexity index is 459. The first-order valence-electron chi connectivity index (χ1n) is 5.75. The largest absolute Gasteiger partial charge is 0.232 e. The summed E-state index contributed by atoms with van der Waals surface area (Å²) in [4.78, 5) is 12.9. The normalized spacial score (nSPS) is 10.7. The summed E-state index contributed by atoms with van der Waals surface area (Å²) < 4.78 is 0. The monoisotopic (exact) mass is 296 g/mol. The van der Waals surface area contributed by atoms with Gasteiger partial charge in [0.05, 0.1) is 5.69 Å². The van der Waals surface area contributed by atoms with E-state index >= 15 is 0 Å². The molecular weight excluding hydrogens is 282 g/mol. The highest BCUT2D eigenvalue weighted by Crippen LogP contribution is 2.22. The van der Waals surface area contributed by atoms with Gasteiger partial charge in [-0.05, 0) is 18.2 Å². The summed E-state index contributed by atoms with van der Waals surface area (Å²) in [6, 6.07) is 1.89. The van der Waals surface area contributed by atoms with Crippen LogP contribution in [0.4, 0.5) is 0 Å². The van der Waals surface area contributed by atoms with Gasteiger partial charge in [0.15, 0.2) is 10.7 Å². The average molecular weight is 296 g/mol. The van der Waals surface area contributed by atoms with Crippen LogP contribution in [0.15, 0.2) is 22.8 Å². The van der Waals surface area contributed by atoms with E-state index < -0.39 is 0 Å². The summed E-state index contributed by atoms with van der Waals surface area (Å²) >= 11 is 5.09. The van der Waals surface area contributed by atoms with E-state index in [0.29, 0.717) is 0 Å². The van der Waals surface area contributed by atoms with E-state index in [2.05, 4.69) is 27.4 Å². The minimum Gasteiger partial charge on any atom is -0.232 e. The molecule has 2 aromatic rings. The molecule has 0 amide bonds. The van der Waals surface area contributed by atoms with Gasteiger partial charge in [-0.1, -0.05) is 25.1 Å². The zero-order chi connectivity index (χ0) is 12.6. The second-order valence-electron chi connectivity index (χ2n) is 3.57. The molecule has 18 heavy (non-hydrogen) atoms. The molecule has 95 valence electrons. The Morgan fingerprint density at radius 3 is 3.11 bits per heavy atom. The molecule has 0 aliphatic carbocycles. The van der Waals surface area contributed by atoms with Gasteiger partial charge in [0.2, 0.25) is 0 Å². The fourth-order valence-electron chi connectivity index (χ4n) is 1.25. The second kappa shape index (κ2) is 7.76. The molecule has 0 saturated heterocycles. The lowest BCUT2D eigenvalue weighted by atomic mass is 10.3. The first-order chi connectivity index (χ1) is 8.90. The number of thioether (sulfide) groups is 2. The van der Waals surface area contributed by atoms with Crippen LogP contribution in [0, 0.1) is 5.51 Å². The fourth-order valence-corrected chi connectivity index (χ4v) is 3.76. The molecule has 0 spiro atoms. The topological polar surface area (TPSA) is 38.7 Å². The van der Waals surface area contributed by atoms with Crippen molar-refractivity contribution in [3.8, 4) is 11.4 Å². The van der Waals surface area contributed by atoms with Crippen LogP contribution >= 0.6 is 34.9 Å². The highest BCUT2D eigenvalue weighted by Gasteiger charge is 2.04. The maximum atomic E-state index is 4.50. The van der Waals surface area contributed by atoms with Gasteiger partial charge < -0.3 is 0 Å². The van der Waals surface area contributed by atoms with Gasteiger partial charge in [0, 0.05) is 16.7 Å². The van der Waals surface area contributed by atoms with Crippen molar-refractivity contribution in [3.63, 3.8) is 0 Å². The SMILES string of the molecule is CCCCSCSc1nccc(-c2cs[c]n2)n1. The number of hydrogen-bond donors (Lipinski definition) is 0. The van der Waals surface area contributed by atoms with Crippen molar-refractivity contribution in [3.05, 3.63) is 23.2 Å². The van der Waals surface area contributed by atoms with Gasteiger partial charge in [0.1, 0.15) is 5.69 Å². The molecule has 2 heterocycles. The van der Waals surface area contributed by atoms with E-state index in [1.54, 1.807) is 18.0 Å². The van der Waals surface area contributed by atoms with Gasteiger partial charge in [-0.15, -0.1) is 11.3 Å². The highest BCUT2D eigenvalue weighted by molar-refractivity contribution is 8.15. The average Bonchev–Trinajstić information content (AvgIpc) is 2.93. The lowest BCUT2D eigenvalue weighted by Gasteiger charge is -2.01. The third-order valence-electron chi connectivity index (χ3n) is 2.20. The summed E-state index contributed by atoms with van der Waals surface area (Å²) in [5.74, 6) is 1.21. The van der Waals surface area contributed by atoms with Crippen LogP contribution in [0.3, 0.4) is 0 Å². The minimum atomic E-state index is 0.824. The van der Waals surface area contributed by atoms with E-state index in [1.165, 1.54) is 29.9 Å². The quantitative estimate of drug-likeness (QED) is 0.334. The van der Waals surface area contributed by atoms with Gasteiger partial charge in [-0.3, -0.25) is 0 Å². The van der Waals surface area contributed by atoms with Crippen molar-refractivity contribution >= 4 is 34.9 Å². The predicted molar refractivity (Wildman–Crippen MR) is 80.1 cm³/mol. The predicted octanol–water partition coefficient (Wildman–Crippen LogP) is 3.98. The molecule has 2 aromatic heterocycles. The van der Waals surface area contributed by atoms with E-state index in [4.69, 9.17) is 0 Å². The summed E-state index contributed by atoms with van der Waals surface area (Å²) in [5.41, 5.74) is 4.59. The van der Waals surface area contributed by atoms with Crippen molar-refractivity contribution < 1.29 is 0 Å². The first kappa shape index (κ1) is 13.8. The van der Waals surface area contributed by atoms with Crippen LogP contribution < -0.4 is 0 Å². The molecule has 0 aliphatic rings. The molecule has 0 bridgehead atoms. The van der Waals surface area contributed by atoms with Crippen LogP contribution in [0.5, 0.6) is 0 Å². The minimum absolute atomic E-state index is 0.824. The fraction of sp³-hybridized carbons (Fsp3) is 0.417. The molecular formula is C12H14N3S3. The molecule has 0 aliphatic heterocycles. The Morgan fingerprint density at radius 2 is 2.33 bits per heavy atom. The summed E-state index contributed by atoms with van der Waals surface area (Å²) in [6.45, 7) is 2.21. The summed E-state index contributed by atoms with van der Waals surface area (Å²) in [6.07, 6.45) is 4.32. The molecule has 3 nitrogen and oxygen atoms in total. The van der Waals surface area contributed by atoms with Crippen molar-refractivity contribution in [2.75, 3.05) is 10.8 Å². The number of rotatable bonds is 7. The van der Waals surface area contributed by atoms with Gasteiger partial charge in [-0.25, -0.2) is 15.0 Å². The molecule has 0 fully saturated rings. The van der Waals surface area contributed by atoms with Crippen LogP contribution in [-0.2, 0) is 0 Å². The van der Waals surface area contributed by atoms with Crippen LogP contribution in [-0.4, -0.2) is 25.8 Å². The Hall–Kier alpha value is -0.590. The van der Waals surface area contributed by atoms with Crippen molar-refractivity contribution in [1.82, 2.24) is 15.0 Å². The van der Waals surface area contributed by atoms with Crippen LogP contribution in [0.25, 0.3) is 11.4 Å². The lowest BCUT2D eigenvalue weighted by molar-refractivity contribution is 0.897. The highest BCUT2D eigenvalue weighted by atomic mass is 32.2. The molecule has 6 heteroatoms. The number of aromatic nitrogens is 3. The van der Waals surface area contributed by atoms with Crippen LogP contribution in [0.2, 0.25) is 0 Å². The standard InChI is InChI=1S/C12H14N3S3/c1-2-3-6-16-9-18-12-13-5-4-10(15-12)11-7-17-8-14-11/h4-5,7H,2-3,6,9H2,1H3. The molecule has 0 N–H and O–H groups in total. The number of hydrogen-bond acceptors (Lipinski definition) is 6. The van der Waals surface area contributed by atoms with E-state index in [0.717, 1.165) is 21.6 Å². The third-order valence-corrected chi connectivity index (χ3v) is 4.91. The van der Waals surface area contributed by atoms with E-state index in [-0.39, 0.29) is 0 Å². The summed E-state index contributed by atoms with van der Waals surface area (Å²) in [7, 11) is 0. The number of unbranched alkanes of at least 4 members (excludes halogenated alkanes) is 1. The zero-order valence-corrected chi connectivity index (χ0v) is 12.6. The molecule has 2 rings (SSSR count). The van der Waals surface area contributed by atoms with Crippen molar-refractivity contribution in [2.45, 2.75) is 24.9 Å². The van der Waals surface area contributed by atoms with Crippen LogP contribution in [0.1, 0.15) is 19.8 Å². The smallest absolute Gasteiger partial charge is 0.188 e. The maximum Gasteiger partial charge on any atom is 0.188 e. The maximum absolute atomic E-state index is 4.50. The zero-order valence-electron chi connectivity index (χ0n) is 10.1. The van der Waals surface area contributed by atoms with Gasteiger partial charge in [-0.2, -0.15) is 11.8 Å². The Kier molecular flexibility index (Phi) is 5.96. The Labute approximate surface area is 120 Å². The molecule has 0 atom stereocenters. The second-order valence-corrected chi connectivity index (χ2v) is 6.64. The number of thiazole rings is 1. The van der Waals surface area contributed by atoms with E-state index in [9.17, 15) is 0 Å². The van der Waals surface area contributed by atoms with Gasteiger partial charge >= 0.3 is 0 Å². The van der Waals surface area contributed by atoms with E-state index in [1.807, 2.05) is 23.2 Å². The molecule has 0 saturated carbocycles. The van der Waals surface area contributed by atoms with Crippen molar-refractivity contribution in [2.24, 2.45) is 0 Å². The third kappa shape index (κ3) is 4.26. The Balaban J connectivity index is 1.88. The molecule has 0 aromatic carbocycles. The van der Waals surface area contributed by atoms with Crippen molar-refractivity contribution in [1.29, 1.82) is 0 Å².